The summed E-state index contributed by atoms with van der Waals surface area (Å²) in [5.74, 6) is 5.26. The number of hydrogen-bond acceptors (Lipinski definition) is 4. The topological polar surface area (TPSA) is 87.7 Å². The Morgan fingerprint density at radius 2 is 2.12 bits per heavy atom. The molecule has 3 rings (SSSR count). The van der Waals surface area contributed by atoms with Crippen molar-refractivity contribution in [3.8, 4) is 17.6 Å². The number of carbonyl (C=O) groups excluding carboxylic acids is 3. The second-order valence-electron chi connectivity index (χ2n) is 6.06. The monoisotopic (exact) mass is 361 g/mol. The smallest absolute Gasteiger partial charge is 0.322 e. The first-order valence-corrected chi connectivity index (χ1v) is 7.99. The molecule has 2 aliphatic heterocycles. The quantitative estimate of drug-likeness (QED) is 0.625. The predicted molar refractivity (Wildman–Crippen MR) is 90.2 cm³/mol. The maximum atomic E-state index is 12.6. The molecule has 0 bridgehead atoms. The molecule has 0 aromatic heterocycles. The maximum Gasteiger partial charge on any atom is 0.322 e. The summed E-state index contributed by atoms with van der Waals surface area (Å²) in [6.45, 7) is 3.86. The van der Waals surface area contributed by atoms with E-state index >= 15 is 0 Å². The molecule has 1 aromatic carbocycles. The van der Waals surface area contributed by atoms with Crippen molar-refractivity contribution < 1.29 is 19.1 Å². The van der Waals surface area contributed by atoms with E-state index in [1.54, 1.807) is 26.0 Å². The zero-order chi connectivity index (χ0) is 18.2. The fourth-order valence-corrected chi connectivity index (χ4v) is 3.09. The van der Waals surface area contributed by atoms with Crippen LogP contribution in [0.15, 0.2) is 12.1 Å². The van der Waals surface area contributed by atoms with Gasteiger partial charge in [0.1, 0.15) is 17.9 Å². The summed E-state index contributed by atoms with van der Waals surface area (Å²) in [4.78, 5) is 37.4. The number of rotatable bonds is 4. The number of fused-ring (bicyclic) bond motifs is 1. The van der Waals surface area contributed by atoms with Crippen molar-refractivity contribution in [1.82, 2.24) is 15.5 Å². The summed E-state index contributed by atoms with van der Waals surface area (Å²) in [6.07, 6.45) is 0. The van der Waals surface area contributed by atoms with Gasteiger partial charge in [0.2, 0.25) is 0 Å². The van der Waals surface area contributed by atoms with E-state index in [0.29, 0.717) is 22.9 Å². The molecule has 0 saturated carbocycles. The number of imide groups is 1. The highest BCUT2D eigenvalue weighted by Crippen LogP contribution is 2.34. The van der Waals surface area contributed by atoms with Crippen molar-refractivity contribution in [2.45, 2.75) is 25.9 Å². The summed E-state index contributed by atoms with van der Waals surface area (Å²) < 4.78 is 5.50. The second kappa shape index (κ2) is 6.30. The van der Waals surface area contributed by atoms with Crippen LogP contribution in [0.2, 0.25) is 5.02 Å². The van der Waals surface area contributed by atoms with E-state index in [4.69, 9.17) is 16.3 Å². The SMILES string of the molecule is CC#CCOc1cc2c(cc1Cl)C(=O)N(CC1(C)NC(=O)NC1=O)C2. The van der Waals surface area contributed by atoms with Crippen LogP contribution < -0.4 is 15.4 Å². The minimum atomic E-state index is -1.16. The van der Waals surface area contributed by atoms with Gasteiger partial charge in [0.25, 0.3) is 11.8 Å². The van der Waals surface area contributed by atoms with Crippen LogP contribution in [0, 0.1) is 11.8 Å². The Hall–Kier alpha value is -2.72. The van der Waals surface area contributed by atoms with E-state index in [0.717, 1.165) is 5.56 Å². The zero-order valence-electron chi connectivity index (χ0n) is 13.7. The standard InChI is InChI=1S/C17H16ClN3O4/c1-3-4-5-25-13-6-10-8-21(14(22)11(10)7-12(13)18)9-17(2)15(23)19-16(24)20-17/h6-7H,5,8-9H2,1-2H3,(H2,19,20,23,24). The number of ether oxygens (including phenoxy) is 1. The highest BCUT2D eigenvalue weighted by atomic mass is 35.5. The van der Waals surface area contributed by atoms with E-state index in [9.17, 15) is 14.4 Å². The number of nitrogens with zero attached hydrogens (tertiary/aromatic N) is 1. The second-order valence-corrected chi connectivity index (χ2v) is 6.46. The third-order valence-electron chi connectivity index (χ3n) is 4.14. The van der Waals surface area contributed by atoms with Crippen molar-refractivity contribution in [2.75, 3.05) is 13.2 Å². The van der Waals surface area contributed by atoms with E-state index in [1.165, 1.54) is 4.90 Å². The summed E-state index contributed by atoms with van der Waals surface area (Å²) in [5.41, 5.74) is 0.0590. The summed E-state index contributed by atoms with van der Waals surface area (Å²) in [6, 6.07) is 2.71. The van der Waals surface area contributed by atoms with E-state index in [1.807, 2.05) is 0 Å². The number of hydrogen-bond donors (Lipinski definition) is 2. The molecular formula is C17H16ClN3O4. The minimum Gasteiger partial charge on any atom is -0.479 e. The highest BCUT2D eigenvalue weighted by Gasteiger charge is 2.45. The van der Waals surface area contributed by atoms with Crippen LogP contribution in [0.3, 0.4) is 0 Å². The van der Waals surface area contributed by atoms with Crippen LogP contribution in [-0.4, -0.2) is 41.4 Å². The Labute approximate surface area is 149 Å². The molecule has 25 heavy (non-hydrogen) atoms. The zero-order valence-corrected chi connectivity index (χ0v) is 14.5. The van der Waals surface area contributed by atoms with Gasteiger partial charge in [0.05, 0.1) is 11.6 Å². The van der Waals surface area contributed by atoms with Gasteiger partial charge in [0.15, 0.2) is 0 Å². The lowest BCUT2D eigenvalue weighted by Crippen LogP contribution is -2.52. The normalized spacial score (nSPS) is 21.4. The van der Waals surface area contributed by atoms with Crippen LogP contribution >= 0.6 is 11.6 Å². The first kappa shape index (κ1) is 17.1. The van der Waals surface area contributed by atoms with Crippen LogP contribution in [0.25, 0.3) is 0 Å². The maximum absolute atomic E-state index is 12.6. The van der Waals surface area contributed by atoms with Gasteiger partial charge in [-0.1, -0.05) is 17.5 Å². The lowest BCUT2D eigenvalue weighted by Gasteiger charge is -2.26. The van der Waals surface area contributed by atoms with Crippen LogP contribution in [0.1, 0.15) is 29.8 Å². The predicted octanol–water partition coefficient (Wildman–Crippen LogP) is 1.30. The Bertz CT molecular complexity index is 842. The molecule has 1 aromatic rings. The van der Waals surface area contributed by atoms with Crippen molar-refractivity contribution in [1.29, 1.82) is 0 Å². The molecule has 7 nitrogen and oxygen atoms in total. The Morgan fingerprint density at radius 3 is 2.76 bits per heavy atom. The number of benzene rings is 1. The number of amides is 4. The first-order chi connectivity index (χ1) is 11.8. The van der Waals surface area contributed by atoms with E-state index < -0.39 is 17.5 Å². The minimum absolute atomic E-state index is 0.0627. The van der Waals surface area contributed by atoms with Gasteiger partial charge >= 0.3 is 6.03 Å². The first-order valence-electron chi connectivity index (χ1n) is 7.62. The van der Waals surface area contributed by atoms with Crippen molar-refractivity contribution in [3.05, 3.63) is 28.3 Å². The third kappa shape index (κ3) is 3.13. The van der Waals surface area contributed by atoms with E-state index in [-0.39, 0.29) is 19.1 Å². The largest absolute Gasteiger partial charge is 0.479 e. The number of urea groups is 1. The fourth-order valence-electron chi connectivity index (χ4n) is 2.87. The molecule has 4 amide bonds. The average Bonchev–Trinajstić information content (AvgIpc) is 2.97. The van der Waals surface area contributed by atoms with Crippen LogP contribution in [-0.2, 0) is 11.3 Å². The Balaban J connectivity index is 1.80. The molecule has 0 spiro atoms. The van der Waals surface area contributed by atoms with Crippen molar-refractivity contribution >= 4 is 29.4 Å². The van der Waals surface area contributed by atoms with E-state index in [2.05, 4.69) is 22.5 Å². The van der Waals surface area contributed by atoms with Crippen LogP contribution in [0.4, 0.5) is 4.79 Å². The molecular weight excluding hydrogens is 346 g/mol. The lowest BCUT2D eigenvalue weighted by molar-refractivity contribution is -0.123. The molecule has 1 fully saturated rings. The van der Waals surface area contributed by atoms with Gasteiger partial charge in [-0.25, -0.2) is 4.79 Å². The molecule has 1 atom stereocenters. The number of nitrogens with one attached hydrogen (secondary N) is 2. The van der Waals surface area contributed by atoms with Gasteiger partial charge in [-0.05, 0) is 31.5 Å². The van der Waals surface area contributed by atoms with Gasteiger partial charge in [-0.3, -0.25) is 14.9 Å². The van der Waals surface area contributed by atoms with Crippen LogP contribution in [0.5, 0.6) is 5.75 Å². The summed E-state index contributed by atoms with van der Waals surface area (Å²) in [7, 11) is 0. The molecule has 1 saturated heterocycles. The number of carbonyl (C=O) groups is 3. The number of halogens is 1. The average molecular weight is 362 g/mol. The molecule has 1 unspecified atom stereocenters. The highest BCUT2D eigenvalue weighted by molar-refractivity contribution is 6.32. The van der Waals surface area contributed by atoms with Gasteiger partial charge < -0.3 is 15.0 Å². The summed E-state index contributed by atoms with van der Waals surface area (Å²) in [5, 5.41) is 5.06. The Morgan fingerprint density at radius 1 is 1.36 bits per heavy atom. The molecule has 2 heterocycles. The summed E-state index contributed by atoms with van der Waals surface area (Å²) >= 11 is 6.17. The molecule has 0 radical (unpaired) electrons. The lowest BCUT2D eigenvalue weighted by atomic mass is 10.0. The van der Waals surface area contributed by atoms with Gasteiger partial charge in [0, 0.05) is 12.1 Å². The van der Waals surface area contributed by atoms with Gasteiger partial charge in [-0.15, -0.1) is 5.92 Å². The Kier molecular flexibility index (Phi) is 4.31. The molecule has 0 aliphatic carbocycles. The molecule has 2 aliphatic rings. The molecule has 130 valence electrons. The third-order valence-corrected chi connectivity index (χ3v) is 4.43. The molecule has 8 heteroatoms. The van der Waals surface area contributed by atoms with Crippen molar-refractivity contribution in [3.63, 3.8) is 0 Å². The van der Waals surface area contributed by atoms with Crippen molar-refractivity contribution in [2.24, 2.45) is 0 Å². The fraction of sp³-hybridized carbons (Fsp3) is 0.353. The van der Waals surface area contributed by atoms with Gasteiger partial charge in [-0.2, -0.15) is 0 Å². The molecule has 2 N–H and O–H groups in total.